The van der Waals surface area contributed by atoms with Crippen LogP contribution in [0.3, 0.4) is 0 Å². The molecule has 0 saturated carbocycles. The van der Waals surface area contributed by atoms with Gasteiger partial charge in [-0.05, 0) is 44.3 Å². The maximum atomic E-state index is 3.60. The van der Waals surface area contributed by atoms with E-state index in [0.29, 0.717) is 0 Å². The Morgan fingerprint density at radius 2 is 2.06 bits per heavy atom. The zero-order valence-electron chi connectivity index (χ0n) is 11.6. The summed E-state index contributed by atoms with van der Waals surface area (Å²) < 4.78 is 0. The summed E-state index contributed by atoms with van der Waals surface area (Å²) in [6.45, 7) is 7.13. The van der Waals surface area contributed by atoms with Gasteiger partial charge in [-0.25, -0.2) is 0 Å². The molecule has 2 heteroatoms. The van der Waals surface area contributed by atoms with Gasteiger partial charge in [0.1, 0.15) is 0 Å². The second-order valence-corrected chi connectivity index (χ2v) is 5.33. The molecular weight excluding hydrogens is 220 g/mol. The third-order valence-corrected chi connectivity index (χ3v) is 3.74. The molecule has 1 N–H and O–H groups in total. The van der Waals surface area contributed by atoms with Crippen molar-refractivity contribution < 1.29 is 0 Å². The van der Waals surface area contributed by atoms with E-state index in [1.54, 1.807) is 0 Å². The highest BCUT2D eigenvalue weighted by atomic mass is 15.1. The van der Waals surface area contributed by atoms with Crippen molar-refractivity contribution in [1.82, 2.24) is 10.2 Å². The lowest BCUT2D eigenvalue weighted by Gasteiger charge is -2.25. The highest BCUT2D eigenvalue weighted by Gasteiger charge is 2.17. The second kappa shape index (κ2) is 7.55. The zero-order chi connectivity index (χ0) is 12.6. The van der Waals surface area contributed by atoms with Crippen LogP contribution in [0.1, 0.15) is 31.7 Å². The Bertz CT molecular complexity index is 317. The van der Waals surface area contributed by atoms with Crippen molar-refractivity contribution in [1.29, 1.82) is 0 Å². The standard InChI is InChI=1S/C16H26N2/c1-2-12-18(14-16-9-6-11-17-16)13-10-15-7-4-3-5-8-15/h3-5,7-8,16-17H,2,6,9-14H2,1H3. The normalized spacial score (nSPS) is 19.6. The third-order valence-electron chi connectivity index (χ3n) is 3.74. The number of hydrogen-bond donors (Lipinski definition) is 1. The van der Waals surface area contributed by atoms with Gasteiger partial charge in [0.2, 0.25) is 0 Å². The van der Waals surface area contributed by atoms with Crippen LogP contribution in [-0.4, -0.2) is 37.1 Å². The summed E-state index contributed by atoms with van der Waals surface area (Å²) in [4.78, 5) is 2.62. The van der Waals surface area contributed by atoms with Crippen molar-refractivity contribution >= 4 is 0 Å². The Labute approximate surface area is 111 Å². The lowest BCUT2D eigenvalue weighted by molar-refractivity contribution is 0.252. The first kappa shape index (κ1) is 13.6. The summed E-state index contributed by atoms with van der Waals surface area (Å²) >= 11 is 0. The largest absolute Gasteiger partial charge is 0.313 e. The molecule has 0 aromatic heterocycles. The highest BCUT2D eigenvalue weighted by Crippen LogP contribution is 2.08. The van der Waals surface area contributed by atoms with Gasteiger partial charge >= 0.3 is 0 Å². The Balaban J connectivity index is 1.78. The van der Waals surface area contributed by atoms with Crippen molar-refractivity contribution in [3.63, 3.8) is 0 Å². The Hall–Kier alpha value is -0.860. The van der Waals surface area contributed by atoms with E-state index in [1.165, 1.54) is 57.4 Å². The maximum absolute atomic E-state index is 3.60. The van der Waals surface area contributed by atoms with E-state index in [0.717, 1.165) is 6.04 Å². The molecule has 1 heterocycles. The predicted molar refractivity (Wildman–Crippen MR) is 77.9 cm³/mol. The fourth-order valence-electron chi connectivity index (χ4n) is 2.77. The summed E-state index contributed by atoms with van der Waals surface area (Å²) in [5.41, 5.74) is 1.46. The predicted octanol–water partition coefficient (Wildman–Crippen LogP) is 2.69. The average Bonchev–Trinajstić information content (AvgIpc) is 2.90. The number of nitrogens with one attached hydrogen (secondary N) is 1. The van der Waals surface area contributed by atoms with Gasteiger partial charge < -0.3 is 10.2 Å². The lowest BCUT2D eigenvalue weighted by Crippen LogP contribution is -2.39. The Kier molecular flexibility index (Phi) is 5.69. The Morgan fingerprint density at radius 3 is 2.72 bits per heavy atom. The molecule has 0 spiro atoms. The molecule has 1 fully saturated rings. The molecule has 1 aromatic rings. The van der Waals surface area contributed by atoms with Crippen LogP contribution in [-0.2, 0) is 6.42 Å². The van der Waals surface area contributed by atoms with Crippen LogP contribution in [0.2, 0.25) is 0 Å². The quantitative estimate of drug-likeness (QED) is 0.796. The smallest absolute Gasteiger partial charge is 0.0195 e. The molecule has 18 heavy (non-hydrogen) atoms. The molecule has 0 bridgehead atoms. The fraction of sp³-hybridized carbons (Fsp3) is 0.625. The molecule has 1 aromatic carbocycles. The second-order valence-electron chi connectivity index (χ2n) is 5.33. The summed E-state index contributed by atoms with van der Waals surface area (Å²) in [5.74, 6) is 0. The number of benzene rings is 1. The zero-order valence-corrected chi connectivity index (χ0v) is 11.6. The number of rotatable bonds is 7. The van der Waals surface area contributed by atoms with Gasteiger partial charge in [-0.15, -0.1) is 0 Å². The van der Waals surface area contributed by atoms with Crippen molar-refractivity contribution in [3.05, 3.63) is 35.9 Å². The molecule has 0 amide bonds. The van der Waals surface area contributed by atoms with Crippen LogP contribution in [0.4, 0.5) is 0 Å². The molecule has 0 aliphatic carbocycles. The van der Waals surface area contributed by atoms with E-state index >= 15 is 0 Å². The first-order chi connectivity index (χ1) is 8.88. The van der Waals surface area contributed by atoms with Gasteiger partial charge in [0, 0.05) is 19.1 Å². The van der Waals surface area contributed by atoms with Crippen molar-refractivity contribution in [2.45, 2.75) is 38.6 Å². The molecule has 1 aliphatic rings. The van der Waals surface area contributed by atoms with Crippen LogP contribution in [0.25, 0.3) is 0 Å². The van der Waals surface area contributed by atoms with Crippen molar-refractivity contribution in [3.8, 4) is 0 Å². The Morgan fingerprint density at radius 1 is 1.22 bits per heavy atom. The molecule has 1 atom stereocenters. The summed E-state index contributed by atoms with van der Waals surface area (Å²) in [6.07, 6.45) is 5.13. The van der Waals surface area contributed by atoms with E-state index < -0.39 is 0 Å². The minimum atomic E-state index is 0.729. The van der Waals surface area contributed by atoms with Crippen LogP contribution >= 0.6 is 0 Å². The first-order valence-electron chi connectivity index (χ1n) is 7.38. The molecule has 2 nitrogen and oxygen atoms in total. The monoisotopic (exact) mass is 246 g/mol. The van der Waals surface area contributed by atoms with Crippen LogP contribution in [0.5, 0.6) is 0 Å². The van der Waals surface area contributed by atoms with Gasteiger partial charge in [0.25, 0.3) is 0 Å². The van der Waals surface area contributed by atoms with Gasteiger partial charge in [0.15, 0.2) is 0 Å². The SMILES string of the molecule is CCCN(CCc1ccccc1)CC1CCCN1. The first-order valence-corrected chi connectivity index (χ1v) is 7.38. The maximum Gasteiger partial charge on any atom is 0.0195 e. The molecule has 1 aliphatic heterocycles. The van der Waals surface area contributed by atoms with Gasteiger partial charge in [-0.1, -0.05) is 37.3 Å². The van der Waals surface area contributed by atoms with Crippen molar-refractivity contribution in [2.24, 2.45) is 0 Å². The minimum absolute atomic E-state index is 0.729. The molecular formula is C16H26N2. The molecule has 1 unspecified atom stereocenters. The van der Waals surface area contributed by atoms with E-state index in [-0.39, 0.29) is 0 Å². The molecule has 0 radical (unpaired) electrons. The van der Waals surface area contributed by atoms with Crippen LogP contribution in [0, 0.1) is 0 Å². The van der Waals surface area contributed by atoms with E-state index in [9.17, 15) is 0 Å². The molecule has 100 valence electrons. The summed E-state index contributed by atoms with van der Waals surface area (Å²) in [5, 5.41) is 3.60. The topological polar surface area (TPSA) is 15.3 Å². The van der Waals surface area contributed by atoms with Crippen LogP contribution in [0.15, 0.2) is 30.3 Å². The fourth-order valence-corrected chi connectivity index (χ4v) is 2.77. The van der Waals surface area contributed by atoms with Gasteiger partial charge in [-0.3, -0.25) is 0 Å². The molecule has 2 rings (SSSR count). The van der Waals surface area contributed by atoms with Crippen molar-refractivity contribution in [2.75, 3.05) is 26.2 Å². The van der Waals surface area contributed by atoms with Gasteiger partial charge in [0.05, 0.1) is 0 Å². The van der Waals surface area contributed by atoms with E-state index in [2.05, 4.69) is 47.5 Å². The molecule has 1 saturated heterocycles. The van der Waals surface area contributed by atoms with E-state index in [1.807, 2.05) is 0 Å². The minimum Gasteiger partial charge on any atom is -0.313 e. The average molecular weight is 246 g/mol. The van der Waals surface area contributed by atoms with E-state index in [4.69, 9.17) is 0 Å². The highest BCUT2D eigenvalue weighted by molar-refractivity contribution is 5.14. The lowest BCUT2D eigenvalue weighted by atomic mass is 10.1. The number of hydrogen-bond acceptors (Lipinski definition) is 2. The summed E-state index contributed by atoms with van der Waals surface area (Å²) in [6, 6.07) is 11.6. The number of nitrogens with zero attached hydrogens (tertiary/aromatic N) is 1. The van der Waals surface area contributed by atoms with Crippen LogP contribution < -0.4 is 5.32 Å². The third kappa shape index (κ3) is 4.43. The summed E-state index contributed by atoms with van der Waals surface area (Å²) in [7, 11) is 0. The van der Waals surface area contributed by atoms with Gasteiger partial charge in [-0.2, -0.15) is 0 Å².